The molecular formula is C12H12N2O4S2-2. The maximum absolute atomic E-state index is 10.9. The Morgan fingerprint density at radius 1 is 1.25 bits per heavy atom. The highest BCUT2D eigenvalue weighted by Crippen LogP contribution is 2.06. The van der Waals surface area contributed by atoms with E-state index >= 15 is 0 Å². The Morgan fingerprint density at radius 2 is 1.90 bits per heavy atom. The molecule has 0 saturated heterocycles. The lowest BCUT2D eigenvalue weighted by Gasteiger charge is -2.21. The highest BCUT2D eigenvalue weighted by molar-refractivity contribution is 8.00. The third-order valence-electron chi connectivity index (χ3n) is 2.13. The van der Waals surface area contributed by atoms with Gasteiger partial charge in [0.2, 0.25) is 0 Å². The van der Waals surface area contributed by atoms with Crippen molar-refractivity contribution in [1.29, 1.82) is 0 Å². The van der Waals surface area contributed by atoms with Gasteiger partial charge in [0, 0.05) is 17.2 Å². The molecule has 0 bridgehead atoms. The number of carbonyl (C=O) groups excluding carboxylic acids is 2. The number of nitrogens with one attached hydrogen (secondary N) is 2. The predicted molar refractivity (Wildman–Crippen MR) is 76.9 cm³/mol. The van der Waals surface area contributed by atoms with E-state index < -0.39 is 18.0 Å². The van der Waals surface area contributed by atoms with E-state index in [1.807, 2.05) is 6.07 Å². The fraction of sp³-hybridized carbons (Fsp3) is 0.250. The van der Waals surface area contributed by atoms with Crippen LogP contribution in [-0.2, 0) is 9.59 Å². The van der Waals surface area contributed by atoms with Gasteiger partial charge >= 0.3 is 0 Å². The Bertz CT molecular complexity index is 482. The zero-order valence-corrected chi connectivity index (χ0v) is 12.0. The number of anilines is 1. The Morgan fingerprint density at radius 3 is 2.45 bits per heavy atom. The van der Waals surface area contributed by atoms with Crippen LogP contribution in [0.15, 0.2) is 30.3 Å². The fourth-order valence-electron chi connectivity index (χ4n) is 1.28. The van der Waals surface area contributed by atoms with Crippen LogP contribution in [0.4, 0.5) is 5.69 Å². The molecule has 0 spiro atoms. The van der Waals surface area contributed by atoms with Crippen LogP contribution in [0.5, 0.6) is 0 Å². The molecule has 20 heavy (non-hydrogen) atoms. The summed E-state index contributed by atoms with van der Waals surface area (Å²) in [7, 11) is 0. The summed E-state index contributed by atoms with van der Waals surface area (Å²) in [4.78, 5) is 21.2. The van der Waals surface area contributed by atoms with E-state index in [1.165, 1.54) is 0 Å². The predicted octanol–water partition coefficient (Wildman–Crippen LogP) is -1.43. The van der Waals surface area contributed by atoms with E-state index in [1.54, 1.807) is 24.3 Å². The van der Waals surface area contributed by atoms with Gasteiger partial charge in [0.15, 0.2) is 5.11 Å². The maximum atomic E-state index is 10.9. The van der Waals surface area contributed by atoms with Crippen molar-refractivity contribution < 1.29 is 19.8 Å². The summed E-state index contributed by atoms with van der Waals surface area (Å²) >= 11 is 5.90. The molecular weight excluding hydrogens is 300 g/mol. The molecule has 0 amide bonds. The van der Waals surface area contributed by atoms with E-state index in [0.717, 1.165) is 11.8 Å². The molecule has 1 rings (SSSR count). The third-order valence-corrected chi connectivity index (χ3v) is 3.35. The van der Waals surface area contributed by atoms with Gasteiger partial charge in [-0.25, -0.2) is 0 Å². The van der Waals surface area contributed by atoms with Crippen molar-refractivity contribution in [2.24, 2.45) is 0 Å². The van der Waals surface area contributed by atoms with Crippen LogP contribution in [-0.4, -0.2) is 34.6 Å². The van der Waals surface area contributed by atoms with Gasteiger partial charge in [-0.05, 0) is 24.4 Å². The average molecular weight is 312 g/mol. The van der Waals surface area contributed by atoms with Crippen LogP contribution in [0.3, 0.4) is 0 Å². The number of para-hydroxylation sites is 1. The van der Waals surface area contributed by atoms with Crippen LogP contribution < -0.4 is 20.8 Å². The largest absolute Gasteiger partial charge is 0.549 e. The molecule has 0 aromatic heterocycles. The molecule has 6 nitrogen and oxygen atoms in total. The van der Waals surface area contributed by atoms with Crippen LogP contribution >= 0.6 is 24.0 Å². The number of rotatable bonds is 7. The number of hydrogen-bond donors (Lipinski definition) is 2. The third kappa shape index (κ3) is 6.39. The first-order valence-electron chi connectivity index (χ1n) is 5.60. The SMILES string of the molecule is O=C([O-])CSC[C@H](NC(=S)Nc1ccccc1)C(=O)[O-]. The monoisotopic (exact) mass is 312 g/mol. The summed E-state index contributed by atoms with van der Waals surface area (Å²) in [5.41, 5.74) is 0.712. The minimum Gasteiger partial charge on any atom is -0.549 e. The molecule has 0 unspecified atom stereocenters. The van der Waals surface area contributed by atoms with Gasteiger partial charge in [-0.1, -0.05) is 18.2 Å². The van der Waals surface area contributed by atoms with Gasteiger partial charge in [0.05, 0.1) is 18.0 Å². The van der Waals surface area contributed by atoms with Crippen molar-refractivity contribution in [2.75, 3.05) is 16.8 Å². The smallest absolute Gasteiger partial charge is 0.171 e. The second-order valence-corrected chi connectivity index (χ2v) is 5.16. The number of aliphatic carboxylic acids is 2. The summed E-state index contributed by atoms with van der Waals surface area (Å²) < 4.78 is 0. The van der Waals surface area contributed by atoms with Gasteiger partial charge < -0.3 is 30.4 Å². The first-order chi connectivity index (χ1) is 9.49. The summed E-state index contributed by atoms with van der Waals surface area (Å²) in [6, 6.07) is 7.90. The number of carbonyl (C=O) groups is 2. The van der Waals surface area contributed by atoms with E-state index in [9.17, 15) is 19.8 Å². The van der Waals surface area contributed by atoms with Crippen LogP contribution in [0.25, 0.3) is 0 Å². The van der Waals surface area contributed by atoms with E-state index in [4.69, 9.17) is 12.2 Å². The summed E-state index contributed by atoms with van der Waals surface area (Å²) in [6.07, 6.45) is 0. The molecule has 108 valence electrons. The van der Waals surface area contributed by atoms with E-state index in [-0.39, 0.29) is 16.6 Å². The number of carboxylic acid groups (broad SMARTS) is 2. The number of thioether (sulfide) groups is 1. The Kier molecular flexibility index (Phi) is 6.82. The highest BCUT2D eigenvalue weighted by Gasteiger charge is 2.11. The van der Waals surface area contributed by atoms with Gasteiger partial charge in [-0.15, -0.1) is 0 Å². The molecule has 0 aliphatic carbocycles. The molecule has 1 atom stereocenters. The van der Waals surface area contributed by atoms with Crippen molar-refractivity contribution in [3.63, 3.8) is 0 Å². The summed E-state index contributed by atoms with van der Waals surface area (Å²) in [5.74, 6) is -2.89. The first-order valence-corrected chi connectivity index (χ1v) is 7.16. The summed E-state index contributed by atoms with van der Waals surface area (Å²) in [6.45, 7) is 0. The molecule has 0 aliphatic heterocycles. The molecule has 1 aromatic rings. The minimum atomic E-state index is -1.35. The topological polar surface area (TPSA) is 104 Å². The van der Waals surface area contributed by atoms with Crippen LogP contribution in [0.1, 0.15) is 0 Å². The average Bonchev–Trinajstić information content (AvgIpc) is 2.38. The second kappa shape index (κ2) is 8.39. The summed E-state index contributed by atoms with van der Waals surface area (Å²) in [5, 5.41) is 26.7. The van der Waals surface area contributed by atoms with Crippen LogP contribution in [0, 0.1) is 0 Å². The molecule has 0 radical (unpaired) electrons. The standard InChI is InChI=1S/C12H14N2O4S2/c15-10(16)7-20-6-9(11(17)18)14-12(19)13-8-4-2-1-3-5-8/h1-5,9H,6-7H2,(H,15,16)(H,17,18)(H2,13,14,19)/p-2/t9-/m0/s1. The van der Waals surface area contributed by atoms with Gasteiger partial charge in [0.1, 0.15) is 0 Å². The Labute approximate surface area is 125 Å². The molecule has 2 N–H and O–H groups in total. The lowest BCUT2D eigenvalue weighted by molar-refractivity contribution is -0.307. The molecule has 0 aliphatic rings. The Hall–Kier alpha value is -1.80. The number of hydrogen-bond acceptors (Lipinski definition) is 6. The normalized spacial score (nSPS) is 11.4. The number of benzene rings is 1. The van der Waals surface area contributed by atoms with E-state index in [0.29, 0.717) is 5.69 Å². The van der Waals surface area contributed by atoms with Gasteiger partial charge in [-0.3, -0.25) is 0 Å². The zero-order valence-electron chi connectivity index (χ0n) is 10.3. The zero-order chi connectivity index (χ0) is 15.0. The fourth-order valence-corrected chi connectivity index (χ4v) is 2.28. The first kappa shape index (κ1) is 16.3. The number of thiocarbonyl (C=S) groups is 1. The molecule has 0 fully saturated rings. The van der Waals surface area contributed by atoms with Crippen molar-refractivity contribution >= 4 is 46.7 Å². The minimum absolute atomic E-state index is 0.00687. The lowest BCUT2D eigenvalue weighted by atomic mass is 10.3. The number of carboxylic acids is 2. The second-order valence-electron chi connectivity index (χ2n) is 3.72. The molecule has 1 aromatic carbocycles. The van der Waals surface area contributed by atoms with Gasteiger partial charge in [0.25, 0.3) is 0 Å². The van der Waals surface area contributed by atoms with Crippen LogP contribution in [0.2, 0.25) is 0 Å². The van der Waals surface area contributed by atoms with Crippen molar-refractivity contribution in [3.8, 4) is 0 Å². The highest BCUT2D eigenvalue weighted by atomic mass is 32.2. The lowest BCUT2D eigenvalue weighted by Crippen LogP contribution is -2.50. The van der Waals surface area contributed by atoms with Crippen molar-refractivity contribution in [3.05, 3.63) is 30.3 Å². The molecule has 0 saturated carbocycles. The van der Waals surface area contributed by atoms with Crippen molar-refractivity contribution in [1.82, 2.24) is 5.32 Å². The van der Waals surface area contributed by atoms with E-state index in [2.05, 4.69) is 10.6 Å². The van der Waals surface area contributed by atoms with Crippen molar-refractivity contribution in [2.45, 2.75) is 6.04 Å². The molecule has 0 heterocycles. The molecule has 8 heteroatoms. The van der Waals surface area contributed by atoms with Gasteiger partial charge in [-0.2, -0.15) is 11.8 Å². The quantitative estimate of drug-likeness (QED) is 0.591. The Balaban J connectivity index is 2.46. The maximum Gasteiger partial charge on any atom is 0.171 e.